The quantitative estimate of drug-likeness (QED) is 0.939. The van der Waals surface area contributed by atoms with Gasteiger partial charge in [-0.15, -0.1) is 0 Å². The highest BCUT2D eigenvalue weighted by molar-refractivity contribution is 7.92. The second-order valence-corrected chi connectivity index (χ2v) is 6.04. The van der Waals surface area contributed by atoms with Gasteiger partial charge in [0.2, 0.25) is 0 Å². The van der Waals surface area contributed by atoms with Gasteiger partial charge in [0.05, 0.1) is 5.69 Å². The van der Waals surface area contributed by atoms with Gasteiger partial charge in [0.25, 0.3) is 10.0 Å². The molecule has 0 aliphatic heterocycles. The molecule has 0 aliphatic rings. The summed E-state index contributed by atoms with van der Waals surface area (Å²) in [5, 5.41) is 8.93. The van der Waals surface area contributed by atoms with Crippen LogP contribution in [0.5, 0.6) is 0 Å². The number of anilines is 1. The van der Waals surface area contributed by atoms with Crippen molar-refractivity contribution in [3.05, 3.63) is 53.3 Å². The highest BCUT2D eigenvalue weighted by Gasteiger charge is 2.19. The third kappa shape index (κ3) is 2.78. The van der Waals surface area contributed by atoms with Crippen LogP contribution in [-0.2, 0) is 10.0 Å². The first-order valence-corrected chi connectivity index (χ1v) is 7.37. The lowest BCUT2D eigenvalue weighted by atomic mass is 10.1. The van der Waals surface area contributed by atoms with E-state index in [1.807, 2.05) is 26.0 Å². The van der Waals surface area contributed by atoms with Crippen molar-refractivity contribution in [1.29, 1.82) is 5.26 Å². The fourth-order valence-electron chi connectivity index (χ4n) is 1.82. The lowest BCUT2D eigenvalue weighted by molar-refractivity contribution is 0.600. The fraction of sp³-hybridized carbons (Fsp3) is 0.143. The number of nitrogens with zero attached hydrogens (tertiary/aromatic N) is 2. The monoisotopic (exact) mass is 287 g/mol. The molecule has 2 aromatic rings. The van der Waals surface area contributed by atoms with Gasteiger partial charge in [-0.2, -0.15) is 5.26 Å². The van der Waals surface area contributed by atoms with E-state index in [9.17, 15) is 8.42 Å². The van der Waals surface area contributed by atoms with Crippen LogP contribution < -0.4 is 4.72 Å². The van der Waals surface area contributed by atoms with E-state index < -0.39 is 10.0 Å². The molecule has 1 aromatic carbocycles. The largest absolute Gasteiger partial charge is 0.279 e. The van der Waals surface area contributed by atoms with Crippen molar-refractivity contribution in [2.45, 2.75) is 18.7 Å². The Morgan fingerprint density at radius 1 is 1.25 bits per heavy atom. The molecule has 102 valence electrons. The average Bonchev–Trinajstić information content (AvgIpc) is 2.42. The van der Waals surface area contributed by atoms with Crippen molar-refractivity contribution in [1.82, 2.24) is 4.98 Å². The number of benzene rings is 1. The lowest BCUT2D eigenvalue weighted by Crippen LogP contribution is -2.15. The van der Waals surface area contributed by atoms with E-state index in [2.05, 4.69) is 9.71 Å². The SMILES string of the molecule is Cc1ccc(NS(=O)(=O)c2cccnc2C#N)c(C)c1. The molecule has 0 unspecified atom stereocenters. The summed E-state index contributed by atoms with van der Waals surface area (Å²) in [4.78, 5) is 3.64. The maximum atomic E-state index is 12.3. The Morgan fingerprint density at radius 3 is 2.65 bits per heavy atom. The molecular weight excluding hydrogens is 274 g/mol. The molecule has 1 heterocycles. The van der Waals surface area contributed by atoms with Crippen LogP contribution in [0.25, 0.3) is 0 Å². The third-order valence-electron chi connectivity index (χ3n) is 2.79. The van der Waals surface area contributed by atoms with Crippen molar-refractivity contribution >= 4 is 15.7 Å². The Balaban J connectivity index is 2.44. The Hall–Kier alpha value is -2.39. The first-order valence-electron chi connectivity index (χ1n) is 5.89. The van der Waals surface area contributed by atoms with E-state index in [4.69, 9.17) is 5.26 Å². The normalized spacial score (nSPS) is 10.8. The number of aryl methyl sites for hydroxylation is 2. The van der Waals surface area contributed by atoms with E-state index in [0.717, 1.165) is 11.1 Å². The van der Waals surface area contributed by atoms with E-state index >= 15 is 0 Å². The predicted molar refractivity (Wildman–Crippen MR) is 75.7 cm³/mol. The number of rotatable bonds is 3. The minimum atomic E-state index is -3.83. The summed E-state index contributed by atoms with van der Waals surface area (Å²) in [7, 11) is -3.83. The van der Waals surface area contributed by atoms with Crippen LogP contribution in [0.15, 0.2) is 41.4 Å². The van der Waals surface area contributed by atoms with Crippen molar-refractivity contribution in [2.24, 2.45) is 0 Å². The molecule has 20 heavy (non-hydrogen) atoms. The Labute approximate surface area is 118 Å². The number of aromatic nitrogens is 1. The van der Waals surface area contributed by atoms with E-state index in [0.29, 0.717) is 5.69 Å². The molecule has 0 saturated heterocycles. The summed E-state index contributed by atoms with van der Waals surface area (Å²) >= 11 is 0. The zero-order chi connectivity index (χ0) is 14.8. The molecule has 1 aromatic heterocycles. The molecule has 0 amide bonds. The Bertz CT molecular complexity index is 792. The van der Waals surface area contributed by atoms with Gasteiger partial charge in [0.1, 0.15) is 11.0 Å². The zero-order valence-corrected chi connectivity index (χ0v) is 11.9. The summed E-state index contributed by atoms with van der Waals surface area (Å²) in [5.74, 6) is 0. The standard InChI is InChI=1S/C14H13N3O2S/c1-10-5-6-12(11(2)8-10)17-20(18,19)14-4-3-7-16-13(14)9-15/h3-8,17H,1-2H3. The highest BCUT2D eigenvalue weighted by atomic mass is 32.2. The zero-order valence-electron chi connectivity index (χ0n) is 11.1. The summed E-state index contributed by atoms with van der Waals surface area (Å²) in [6.45, 7) is 3.75. The summed E-state index contributed by atoms with van der Waals surface area (Å²) < 4.78 is 27.1. The fourth-order valence-corrected chi connectivity index (χ4v) is 3.06. The van der Waals surface area contributed by atoms with Crippen molar-refractivity contribution in [2.75, 3.05) is 4.72 Å². The maximum absolute atomic E-state index is 12.3. The molecule has 0 spiro atoms. The van der Waals surface area contributed by atoms with Gasteiger partial charge < -0.3 is 0 Å². The van der Waals surface area contributed by atoms with Crippen LogP contribution in [0.2, 0.25) is 0 Å². The molecular formula is C14H13N3O2S. The molecule has 0 radical (unpaired) electrons. The van der Waals surface area contributed by atoms with E-state index in [1.54, 1.807) is 12.1 Å². The van der Waals surface area contributed by atoms with Crippen molar-refractivity contribution in [3.63, 3.8) is 0 Å². The van der Waals surface area contributed by atoms with Gasteiger partial charge >= 0.3 is 0 Å². The average molecular weight is 287 g/mol. The first-order chi connectivity index (χ1) is 9.44. The molecule has 0 saturated carbocycles. The Morgan fingerprint density at radius 2 is 2.00 bits per heavy atom. The van der Waals surface area contributed by atoms with Crippen LogP contribution in [0, 0.1) is 25.2 Å². The Kier molecular flexibility index (Phi) is 3.72. The topological polar surface area (TPSA) is 82.8 Å². The van der Waals surface area contributed by atoms with Crippen LogP contribution in [-0.4, -0.2) is 13.4 Å². The molecule has 0 bridgehead atoms. The van der Waals surface area contributed by atoms with Gasteiger partial charge in [0.15, 0.2) is 5.69 Å². The molecule has 5 nitrogen and oxygen atoms in total. The van der Waals surface area contributed by atoms with E-state index in [1.165, 1.54) is 18.3 Å². The van der Waals surface area contributed by atoms with Gasteiger partial charge in [-0.3, -0.25) is 4.72 Å². The summed E-state index contributed by atoms with van der Waals surface area (Å²) in [6, 6.07) is 10.0. The predicted octanol–water partition coefficient (Wildman–Crippen LogP) is 2.37. The highest BCUT2D eigenvalue weighted by Crippen LogP contribution is 2.21. The van der Waals surface area contributed by atoms with Gasteiger partial charge in [-0.25, -0.2) is 13.4 Å². The van der Waals surface area contributed by atoms with E-state index in [-0.39, 0.29) is 10.6 Å². The van der Waals surface area contributed by atoms with Crippen LogP contribution >= 0.6 is 0 Å². The second-order valence-electron chi connectivity index (χ2n) is 4.39. The van der Waals surface area contributed by atoms with Gasteiger partial charge in [-0.1, -0.05) is 17.7 Å². The maximum Gasteiger partial charge on any atom is 0.264 e. The summed E-state index contributed by atoms with van der Waals surface area (Å²) in [5.41, 5.74) is 2.23. The number of sulfonamides is 1. The smallest absolute Gasteiger partial charge is 0.264 e. The van der Waals surface area contributed by atoms with Crippen LogP contribution in [0.3, 0.4) is 0 Å². The molecule has 1 N–H and O–H groups in total. The van der Waals surface area contributed by atoms with Crippen LogP contribution in [0.4, 0.5) is 5.69 Å². The summed E-state index contributed by atoms with van der Waals surface area (Å²) in [6.07, 6.45) is 1.38. The van der Waals surface area contributed by atoms with Gasteiger partial charge in [0, 0.05) is 6.20 Å². The molecule has 6 heteroatoms. The molecule has 2 rings (SSSR count). The minimum absolute atomic E-state index is 0.121. The van der Waals surface area contributed by atoms with Crippen molar-refractivity contribution in [3.8, 4) is 6.07 Å². The van der Waals surface area contributed by atoms with Crippen molar-refractivity contribution < 1.29 is 8.42 Å². The number of hydrogen-bond donors (Lipinski definition) is 1. The first kappa shape index (κ1) is 14.0. The number of hydrogen-bond acceptors (Lipinski definition) is 4. The lowest BCUT2D eigenvalue weighted by Gasteiger charge is -2.11. The van der Waals surface area contributed by atoms with Crippen LogP contribution in [0.1, 0.15) is 16.8 Å². The number of nitriles is 1. The number of pyridine rings is 1. The van der Waals surface area contributed by atoms with Gasteiger partial charge in [-0.05, 0) is 37.6 Å². The number of nitrogens with one attached hydrogen (secondary N) is 1. The molecule has 0 fully saturated rings. The second kappa shape index (κ2) is 5.31. The molecule has 0 atom stereocenters. The molecule has 0 aliphatic carbocycles. The minimum Gasteiger partial charge on any atom is -0.279 e. The third-order valence-corrected chi connectivity index (χ3v) is 4.19.